The summed E-state index contributed by atoms with van der Waals surface area (Å²) in [6.07, 6.45) is 0.651. The fraction of sp³-hybridized carbons (Fsp3) is 0.375. The van der Waals surface area contributed by atoms with Gasteiger partial charge in [-0.05, 0) is 41.7 Å². The number of fused-ring (bicyclic) bond motifs is 3. The number of carbonyl (C=O) groups is 1. The molecule has 0 unspecified atom stereocenters. The largest absolute Gasteiger partial charge is 0.480 e. The summed E-state index contributed by atoms with van der Waals surface area (Å²) in [5.41, 5.74) is 1.78. The average molecular weight is 486 g/mol. The molecule has 2 aromatic heterocycles. The van der Waals surface area contributed by atoms with Gasteiger partial charge in [0.25, 0.3) is 0 Å². The van der Waals surface area contributed by atoms with E-state index in [2.05, 4.69) is 35.6 Å². The zero-order chi connectivity index (χ0) is 24.8. The van der Waals surface area contributed by atoms with Crippen LogP contribution in [0.4, 0.5) is 0 Å². The van der Waals surface area contributed by atoms with E-state index in [-0.39, 0.29) is 10.3 Å². The van der Waals surface area contributed by atoms with Gasteiger partial charge in [0.1, 0.15) is 17.2 Å². The Morgan fingerprint density at radius 1 is 1.09 bits per heavy atom. The molecule has 4 rings (SSSR count). The van der Waals surface area contributed by atoms with Crippen LogP contribution in [0.25, 0.3) is 33.3 Å². The van der Waals surface area contributed by atoms with Crippen LogP contribution in [0, 0.1) is 11.3 Å². The van der Waals surface area contributed by atoms with E-state index in [1.54, 1.807) is 26.0 Å². The van der Waals surface area contributed by atoms with Crippen LogP contribution in [0.15, 0.2) is 50.2 Å². The highest BCUT2D eigenvalue weighted by atomic mass is 32.2. The van der Waals surface area contributed by atoms with Crippen molar-refractivity contribution >= 4 is 37.9 Å². The number of aromatic nitrogens is 2. The van der Waals surface area contributed by atoms with E-state index in [0.717, 1.165) is 0 Å². The van der Waals surface area contributed by atoms with Crippen molar-refractivity contribution in [3.8, 4) is 11.4 Å². The van der Waals surface area contributed by atoms with E-state index in [4.69, 9.17) is 8.94 Å². The first-order valence-corrected chi connectivity index (χ1v) is 12.4. The number of nitrogens with one attached hydrogen (secondary N) is 1. The van der Waals surface area contributed by atoms with E-state index in [1.165, 1.54) is 12.1 Å². The highest BCUT2D eigenvalue weighted by Crippen LogP contribution is 2.33. The molecule has 0 aliphatic rings. The molecular formula is C24H27N3O6S. The Balaban J connectivity index is 1.69. The van der Waals surface area contributed by atoms with Gasteiger partial charge in [-0.2, -0.15) is 9.71 Å². The number of sulfonamides is 1. The maximum Gasteiger partial charge on any atom is 0.322 e. The molecule has 4 aromatic rings. The fourth-order valence-electron chi connectivity index (χ4n) is 3.67. The number of hydrogen-bond donors (Lipinski definition) is 2. The minimum absolute atomic E-state index is 0.0129. The predicted octanol–water partition coefficient (Wildman–Crippen LogP) is 4.61. The van der Waals surface area contributed by atoms with Gasteiger partial charge in [-0.1, -0.05) is 45.8 Å². The molecule has 180 valence electrons. The van der Waals surface area contributed by atoms with Gasteiger partial charge in [0.2, 0.25) is 21.7 Å². The summed E-state index contributed by atoms with van der Waals surface area (Å²) in [6, 6.07) is 8.62. The van der Waals surface area contributed by atoms with Crippen LogP contribution in [-0.4, -0.2) is 35.7 Å². The van der Waals surface area contributed by atoms with Crippen LogP contribution in [0.3, 0.4) is 0 Å². The van der Waals surface area contributed by atoms with Gasteiger partial charge in [-0.3, -0.25) is 4.79 Å². The van der Waals surface area contributed by atoms with Crippen molar-refractivity contribution in [1.29, 1.82) is 0 Å². The summed E-state index contributed by atoms with van der Waals surface area (Å²) in [7, 11) is -4.06. The number of furan rings is 1. The average Bonchev–Trinajstić information content (AvgIpc) is 3.33. The molecule has 2 N–H and O–H groups in total. The van der Waals surface area contributed by atoms with Crippen molar-refractivity contribution in [2.75, 3.05) is 0 Å². The molecule has 0 amide bonds. The molecule has 0 spiro atoms. The van der Waals surface area contributed by atoms with Gasteiger partial charge >= 0.3 is 5.97 Å². The van der Waals surface area contributed by atoms with Crippen LogP contribution in [0.2, 0.25) is 0 Å². The summed E-state index contributed by atoms with van der Waals surface area (Å²) in [5, 5.41) is 14.7. The van der Waals surface area contributed by atoms with Gasteiger partial charge in [-0.15, -0.1) is 0 Å². The van der Waals surface area contributed by atoms with Crippen LogP contribution in [0.5, 0.6) is 0 Å². The van der Waals surface area contributed by atoms with Crippen molar-refractivity contribution in [3.63, 3.8) is 0 Å². The Hall–Kier alpha value is -3.24. The van der Waals surface area contributed by atoms with Crippen molar-refractivity contribution in [1.82, 2.24) is 14.9 Å². The van der Waals surface area contributed by atoms with Gasteiger partial charge in [-0.25, -0.2) is 8.42 Å². The fourth-order valence-corrected chi connectivity index (χ4v) is 5.03. The number of aliphatic carboxylic acids is 1. The molecule has 0 aliphatic carbocycles. The van der Waals surface area contributed by atoms with E-state index in [0.29, 0.717) is 45.6 Å². The number of carboxylic acids is 1. The van der Waals surface area contributed by atoms with Crippen LogP contribution in [0.1, 0.15) is 40.5 Å². The Morgan fingerprint density at radius 3 is 2.47 bits per heavy atom. The van der Waals surface area contributed by atoms with E-state index in [1.807, 2.05) is 12.1 Å². The third-order valence-electron chi connectivity index (χ3n) is 5.38. The Morgan fingerprint density at radius 2 is 1.82 bits per heavy atom. The molecule has 10 heteroatoms. The van der Waals surface area contributed by atoms with E-state index in [9.17, 15) is 18.3 Å². The summed E-state index contributed by atoms with van der Waals surface area (Å²) in [4.78, 5) is 15.9. The molecule has 0 aliphatic heterocycles. The first-order valence-electron chi connectivity index (χ1n) is 10.9. The minimum atomic E-state index is -4.06. The second kappa shape index (κ2) is 8.52. The number of nitrogens with zero attached hydrogens (tertiary/aromatic N) is 2. The van der Waals surface area contributed by atoms with Crippen LogP contribution in [-0.2, 0) is 21.2 Å². The summed E-state index contributed by atoms with van der Waals surface area (Å²) in [6.45, 7) is 9.55. The molecule has 9 nitrogen and oxygen atoms in total. The molecule has 34 heavy (non-hydrogen) atoms. The molecule has 0 bridgehead atoms. The molecule has 0 radical (unpaired) electrons. The lowest BCUT2D eigenvalue weighted by molar-refractivity contribution is -0.140. The molecule has 2 aromatic carbocycles. The molecule has 0 saturated heterocycles. The third kappa shape index (κ3) is 4.83. The zero-order valence-electron chi connectivity index (χ0n) is 19.6. The maximum atomic E-state index is 12.9. The first-order chi connectivity index (χ1) is 15.8. The number of benzene rings is 2. The van der Waals surface area contributed by atoms with Crippen molar-refractivity contribution < 1.29 is 27.3 Å². The van der Waals surface area contributed by atoms with Crippen LogP contribution >= 0.6 is 0 Å². The topological polar surface area (TPSA) is 136 Å². The zero-order valence-corrected chi connectivity index (χ0v) is 20.4. The summed E-state index contributed by atoms with van der Waals surface area (Å²) < 4.78 is 39.3. The SMILES string of the molecule is CC(C)[C@@H](NS(=O)(=O)c1ccc2oc3cc(-c4noc(CC(C)(C)C)n4)ccc3c2c1)C(=O)O. The highest BCUT2D eigenvalue weighted by molar-refractivity contribution is 7.89. The number of carboxylic acid groups (broad SMARTS) is 1. The van der Waals surface area contributed by atoms with Crippen molar-refractivity contribution in [2.45, 2.75) is 52.0 Å². The Labute approximate surface area is 197 Å². The van der Waals surface area contributed by atoms with Crippen molar-refractivity contribution in [3.05, 3.63) is 42.3 Å². The first kappa shape index (κ1) is 23.9. The van der Waals surface area contributed by atoms with E-state index < -0.39 is 28.0 Å². The predicted molar refractivity (Wildman–Crippen MR) is 127 cm³/mol. The lowest BCUT2D eigenvalue weighted by Crippen LogP contribution is -2.44. The Kier molecular flexibility index (Phi) is 5.99. The molecule has 2 heterocycles. The Bertz CT molecular complexity index is 1480. The highest BCUT2D eigenvalue weighted by Gasteiger charge is 2.28. The lowest BCUT2D eigenvalue weighted by Gasteiger charge is -2.17. The van der Waals surface area contributed by atoms with Gasteiger partial charge in [0.05, 0.1) is 4.90 Å². The summed E-state index contributed by atoms with van der Waals surface area (Å²) in [5.74, 6) is -0.649. The monoisotopic (exact) mass is 485 g/mol. The van der Waals surface area contributed by atoms with Gasteiger partial charge in [0, 0.05) is 22.8 Å². The standard InChI is InChI=1S/C24H27N3O6S/c1-13(2)21(23(28)29)27-34(30,31)15-7-9-18-17(11-15)16-8-6-14(10-19(16)32-18)22-25-20(33-26-22)12-24(3,4)5/h6-11,13,21,27H,12H2,1-5H3,(H,28,29)/t21-/m1/s1. The van der Waals surface area contributed by atoms with Gasteiger partial charge in [0.15, 0.2) is 0 Å². The quantitative estimate of drug-likeness (QED) is 0.387. The molecule has 0 fully saturated rings. The van der Waals surface area contributed by atoms with Crippen LogP contribution < -0.4 is 4.72 Å². The normalized spacial score (nSPS) is 13.7. The second-order valence-corrected chi connectivity index (χ2v) is 11.6. The third-order valence-corrected chi connectivity index (χ3v) is 6.81. The smallest absolute Gasteiger partial charge is 0.322 e. The van der Waals surface area contributed by atoms with Gasteiger partial charge < -0.3 is 14.0 Å². The molecular weight excluding hydrogens is 458 g/mol. The number of rotatable bonds is 7. The molecule has 1 atom stereocenters. The molecule has 0 saturated carbocycles. The number of hydrogen-bond acceptors (Lipinski definition) is 7. The van der Waals surface area contributed by atoms with Crippen molar-refractivity contribution in [2.24, 2.45) is 11.3 Å². The second-order valence-electron chi connectivity index (χ2n) is 9.90. The van der Waals surface area contributed by atoms with E-state index >= 15 is 0 Å². The maximum absolute atomic E-state index is 12.9. The lowest BCUT2D eigenvalue weighted by atomic mass is 9.92. The summed E-state index contributed by atoms with van der Waals surface area (Å²) >= 11 is 0. The minimum Gasteiger partial charge on any atom is -0.480 e.